The van der Waals surface area contributed by atoms with Crippen molar-refractivity contribution in [1.29, 1.82) is 0 Å². The van der Waals surface area contributed by atoms with E-state index in [1.165, 1.54) is 18.2 Å². The summed E-state index contributed by atoms with van der Waals surface area (Å²) in [6.45, 7) is 5.74. The molecule has 0 amide bonds. The van der Waals surface area contributed by atoms with Crippen LogP contribution in [-0.2, 0) is 6.54 Å². The van der Waals surface area contributed by atoms with Crippen molar-refractivity contribution in [2.75, 3.05) is 63.2 Å². The maximum atomic E-state index is 14.1. The Labute approximate surface area is 211 Å². The number of para-hydroxylation sites is 1. The van der Waals surface area contributed by atoms with Gasteiger partial charge in [0.05, 0.1) is 0 Å². The Morgan fingerprint density at radius 3 is 2.52 bits per heavy atom. The zero-order valence-electron chi connectivity index (χ0n) is 19.1. The van der Waals surface area contributed by atoms with E-state index in [1.807, 2.05) is 12.3 Å². The summed E-state index contributed by atoms with van der Waals surface area (Å²) in [6.07, 6.45) is 2.62. The van der Waals surface area contributed by atoms with Crippen LogP contribution >= 0.6 is 24.0 Å². The number of nitrogens with one attached hydrogen (secondary N) is 2. The minimum Gasteiger partial charge on any atom is -0.365 e. The lowest BCUT2D eigenvalue weighted by Crippen LogP contribution is -2.45. The Kier molecular flexibility index (Phi) is 9.07. The summed E-state index contributed by atoms with van der Waals surface area (Å²) in [5.74, 6) is 0.617. The van der Waals surface area contributed by atoms with Gasteiger partial charge in [-0.05, 0) is 43.3 Å². The van der Waals surface area contributed by atoms with Gasteiger partial charge in [0.25, 0.3) is 0 Å². The van der Waals surface area contributed by atoms with E-state index < -0.39 is 11.6 Å². The molecule has 3 heterocycles. The molecule has 1 unspecified atom stereocenters. The van der Waals surface area contributed by atoms with Crippen LogP contribution in [0.2, 0.25) is 0 Å². The molecule has 33 heavy (non-hydrogen) atoms. The van der Waals surface area contributed by atoms with Crippen molar-refractivity contribution in [2.45, 2.75) is 19.0 Å². The molecule has 0 bridgehead atoms. The van der Waals surface area contributed by atoms with Crippen LogP contribution in [0.3, 0.4) is 0 Å². The quantitative estimate of drug-likeness (QED) is 0.327. The standard InChI is InChI=1S/C23H31F2N7.HI/c1-26-23(29-18-7-9-32(16-18)22-19(24)4-3-5-20(22)25)28-15-17-6-8-27-21(14-17)31-12-10-30(2)11-13-31;/h3-6,8,14,18H,7,9-13,15-16H2,1-2H3,(H2,26,28,29);1H. The van der Waals surface area contributed by atoms with Crippen molar-refractivity contribution in [2.24, 2.45) is 4.99 Å². The Morgan fingerprint density at radius 1 is 1.09 bits per heavy atom. The summed E-state index contributed by atoms with van der Waals surface area (Å²) in [6, 6.07) is 8.15. The maximum absolute atomic E-state index is 14.1. The lowest BCUT2D eigenvalue weighted by Gasteiger charge is -2.33. The number of nitrogens with zero attached hydrogens (tertiary/aromatic N) is 5. The van der Waals surface area contributed by atoms with E-state index in [2.05, 4.69) is 43.5 Å². The van der Waals surface area contributed by atoms with Gasteiger partial charge in [-0.25, -0.2) is 13.8 Å². The first-order valence-electron chi connectivity index (χ1n) is 11.1. The number of aliphatic imine (C=N–C) groups is 1. The van der Waals surface area contributed by atoms with Crippen LogP contribution < -0.4 is 20.4 Å². The zero-order chi connectivity index (χ0) is 22.5. The van der Waals surface area contributed by atoms with Gasteiger partial charge in [0, 0.05) is 65.1 Å². The molecule has 1 aromatic heterocycles. The third kappa shape index (κ3) is 6.44. The van der Waals surface area contributed by atoms with E-state index in [4.69, 9.17) is 0 Å². The van der Waals surface area contributed by atoms with Crippen LogP contribution in [0, 0.1) is 11.6 Å². The Morgan fingerprint density at radius 2 is 1.82 bits per heavy atom. The fourth-order valence-corrected chi connectivity index (χ4v) is 4.23. The smallest absolute Gasteiger partial charge is 0.191 e. The van der Waals surface area contributed by atoms with Gasteiger partial charge in [0.2, 0.25) is 0 Å². The molecule has 2 aliphatic heterocycles. The fourth-order valence-electron chi connectivity index (χ4n) is 4.23. The number of guanidine groups is 1. The predicted molar refractivity (Wildman–Crippen MR) is 140 cm³/mol. The highest BCUT2D eigenvalue weighted by molar-refractivity contribution is 14.0. The molecule has 2 aliphatic rings. The number of pyridine rings is 1. The third-order valence-electron chi connectivity index (χ3n) is 6.10. The number of aromatic nitrogens is 1. The second kappa shape index (κ2) is 11.8. The molecular formula is C23H32F2IN7. The van der Waals surface area contributed by atoms with Crippen LogP contribution in [-0.4, -0.2) is 75.2 Å². The van der Waals surface area contributed by atoms with Crippen LogP contribution in [0.4, 0.5) is 20.3 Å². The SMILES string of the molecule is CN=C(NCc1ccnc(N2CCN(C)CC2)c1)NC1CCN(c2c(F)cccc2F)C1.I. The highest BCUT2D eigenvalue weighted by Gasteiger charge is 2.27. The molecule has 0 radical (unpaired) electrons. The first-order valence-corrected chi connectivity index (χ1v) is 11.1. The van der Waals surface area contributed by atoms with Crippen molar-refractivity contribution >= 4 is 41.4 Å². The molecule has 4 rings (SSSR count). The molecule has 2 saturated heterocycles. The molecule has 0 aliphatic carbocycles. The second-order valence-corrected chi connectivity index (χ2v) is 8.38. The summed E-state index contributed by atoms with van der Waals surface area (Å²) >= 11 is 0. The Bertz CT molecular complexity index is 930. The molecule has 2 N–H and O–H groups in total. The van der Waals surface area contributed by atoms with E-state index >= 15 is 0 Å². The van der Waals surface area contributed by atoms with Crippen molar-refractivity contribution in [3.8, 4) is 0 Å². The minimum atomic E-state index is -0.526. The predicted octanol–water partition coefficient (Wildman–Crippen LogP) is 2.67. The van der Waals surface area contributed by atoms with Crippen LogP contribution in [0.5, 0.6) is 0 Å². The summed E-state index contributed by atoms with van der Waals surface area (Å²) in [5, 5.41) is 6.72. The average molecular weight is 571 g/mol. The van der Waals surface area contributed by atoms with E-state index in [1.54, 1.807) is 11.9 Å². The van der Waals surface area contributed by atoms with Gasteiger partial charge < -0.3 is 25.3 Å². The number of anilines is 2. The highest BCUT2D eigenvalue weighted by Crippen LogP contribution is 2.26. The third-order valence-corrected chi connectivity index (χ3v) is 6.10. The van der Waals surface area contributed by atoms with Gasteiger partial charge in [-0.15, -0.1) is 24.0 Å². The molecule has 10 heteroatoms. The first-order chi connectivity index (χ1) is 15.5. The van der Waals surface area contributed by atoms with Gasteiger partial charge in [0.1, 0.15) is 23.1 Å². The molecule has 1 atom stereocenters. The number of hydrogen-bond acceptors (Lipinski definition) is 5. The molecule has 0 saturated carbocycles. The lowest BCUT2D eigenvalue weighted by atomic mass is 10.2. The number of piperazine rings is 1. The highest BCUT2D eigenvalue weighted by atomic mass is 127. The molecule has 2 aromatic rings. The van der Waals surface area contributed by atoms with Gasteiger partial charge in [0.15, 0.2) is 5.96 Å². The van der Waals surface area contributed by atoms with Gasteiger partial charge in [-0.3, -0.25) is 4.99 Å². The monoisotopic (exact) mass is 571 g/mol. The van der Waals surface area contributed by atoms with E-state index in [0.717, 1.165) is 44.0 Å². The Hall–Kier alpha value is -2.21. The molecule has 2 fully saturated rings. The number of likely N-dealkylation sites (N-methyl/N-ethyl adjacent to an activating group) is 1. The molecule has 1 aromatic carbocycles. The summed E-state index contributed by atoms with van der Waals surface area (Å²) in [7, 11) is 3.86. The first kappa shape index (κ1) is 25.4. The number of benzene rings is 1. The van der Waals surface area contributed by atoms with E-state index in [9.17, 15) is 8.78 Å². The zero-order valence-corrected chi connectivity index (χ0v) is 21.4. The van der Waals surface area contributed by atoms with E-state index in [-0.39, 0.29) is 35.7 Å². The molecule has 0 spiro atoms. The van der Waals surface area contributed by atoms with Crippen LogP contribution in [0.25, 0.3) is 0 Å². The van der Waals surface area contributed by atoms with Crippen LogP contribution in [0.1, 0.15) is 12.0 Å². The van der Waals surface area contributed by atoms with Gasteiger partial charge in [-0.1, -0.05) is 6.07 Å². The molecule has 180 valence electrons. The lowest BCUT2D eigenvalue weighted by molar-refractivity contribution is 0.312. The number of hydrogen-bond donors (Lipinski definition) is 2. The van der Waals surface area contributed by atoms with Crippen molar-refractivity contribution < 1.29 is 8.78 Å². The second-order valence-electron chi connectivity index (χ2n) is 8.38. The summed E-state index contributed by atoms with van der Waals surface area (Å²) in [4.78, 5) is 15.2. The van der Waals surface area contributed by atoms with Crippen molar-refractivity contribution in [3.63, 3.8) is 0 Å². The summed E-state index contributed by atoms with van der Waals surface area (Å²) in [5.41, 5.74) is 1.17. The Balaban J connectivity index is 0.00000306. The van der Waals surface area contributed by atoms with Gasteiger partial charge >= 0.3 is 0 Å². The molecular weight excluding hydrogens is 539 g/mol. The fraction of sp³-hybridized carbons (Fsp3) is 0.478. The normalized spacial score (nSPS) is 19.4. The number of halogens is 3. The molecule has 7 nitrogen and oxygen atoms in total. The summed E-state index contributed by atoms with van der Waals surface area (Å²) < 4.78 is 28.2. The topological polar surface area (TPSA) is 59.0 Å². The van der Waals surface area contributed by atoms with E-state index in [0.29, 0.717) is 25.6 Å². The average Bonchev–Trinajstić information content (AvgIpc) is 3.25. The maximum Gasteiger partial charge on any atom is 0.191 e. The largest absolute Gasteiger partial charge is 0.365 e. The minimum absolute atomic E-state index is 0. The van der Waals surface area contributed by atoms with Gasteiger partial charge in [-0.2, -0.15) is 0 Å². The van der Waals surface area contributed by atoms with Crippen molar-refractivity contribution in [1.82, 2.24) is 20.5 Å². The number of rotatable bonds is 5. The van der Waals surface area contributed by atoms with Crippen LogP contribution in [0.15, 0.2) is 41.5 Å². The van der Waals surface area contributed by atoms with Crippen molar-refractivity contribution in [3.05, 3.63) is 53.7 Å².